The molecule has 11 heavy (non-hydrogen) atoms. The zero-order chi connectivity index (χ0) is 8.10. The van der Waals surface area contributed by atoms with Crippen molar-refractivity contribution >= 4 is 5.82 Å². The molecule has 2 rings (SSSR count). The normalized spacial score (nSPS) is 14.0. The van der Waals surface area contributed by atoms with Gasteiger partial charge in [-0.25, -0.2) is 4.68 Å². The molecule has 0 aliphatic carbocycles. The maximum Gasteiger partial charge on any atom is 0.124 e. The zero-order valence-corrected chi connectivity index (χ0v) is 7.17. The van der Waals surface area contributed by atoms with Crippen LogP contribution < -0.4 is 5.32 Å². The van der Waals surface area contributed by atoms with Gasteiger partial charge in [-0.3, -0.25) is 0 Å². The third-order valence-electron chi connectivity index (χ3n) is 1.57. The molecule has 0 atom stereocenters. The topological polar surface area (TPSA) is 29.9 Å². The largest absolute Gasteiger partial charge is 0.370 e. The summed E-state index contributed by atoms with van der Waals surface area (Å²) in [6.07, 6.45) is 3.02. The third-order valence-corrected chi connectivity index (χ3v) is 1.57. The maximum absolute atomic E-state index is 4.11. The highest BCUT2D eigenvalue weighted by Crippen LogP contribution is 2.10. The van der Waals surface area contributed by atoms with E-state index in [1.807, 2.05) is 30.8 Å². The quantitative estimate of drug-likeness (QED) is 0.615. The molecule has 1 aliphatic heterocycles. The fraction of sp³-hybridized carbons (Fsp3) is 0.625. The van der Waals surface area contributed by atoms with E-state index in [9.17, 15) is 0 Å². The second kappa shape index (κ2) is 4.01. The minimum atomic E-state index is 1.06. The zero-order valence-electron chi connectivity index (χ0n) is 7.17. The van der Waals surface area contributed by atoms with Gasteiger partial charge in [0.25, 0.3) is 0 Å². The lowest BCUT2D eigenvalue weighted by Gasteiger charge is -2.14. The first-order valence-corrected chi connectivity index (χ1v) is 4.22. The first-order valence-electron chi connectivity index (χ1n) is 4.22. The van der Waals surface area contributed by atoms with Gasteiger partial charge < -0.3 is 5.32 Å². The van der Waals surface area contributed by atoms with Gasteiger partial charge in [0.15, 0.2) is 0 Å². The Labute approximate surface area is 67.4 Å². The molecule has 3 heteroatoms. The summed E-state index contributed by atoms with van der Waals surface area (Å²) in [6, 6.07) is 2.00. The molecule has 3 nitrogen and oxygen atoms in total. The van der Waals surface area contributed by atoms with Crippen LogP contribution in [0.25, 0.3) is 0 Å². The summed E-state index contributed by atoms with van der Waals surface area (Å²) in [5.41, 5.74) is 0. The van der Waals surface area contributed by atoms with E-state index in [1.54, 1.807) is 0 Å². The number of anilines is 1. The lowest BCUT2D eigenvalue weighted by atomic mass is 10.3. The van der Waals surface area contributed by atoms with Crippen LogP contribution in [-0.2, 0) is 6.54 Å². The summed E-state index contributed by atoms with van der Waals surface area (Å²) < 4.78 is 1.99. The van der Waals surface area contributed by atoms with Crippen molar-refractivity contribution in [3.8, 4) is 0 Å². The van der Waals surface area contributed by atoms with Gasteiger partial charge in [-0.1, -0.05) is 13.8 Å². The molecule has 0 spiro atoms. The predicted octanol–water partition coefficient (Wildman–Crippen LogP) is 1.72. The van der Waals surface area contributed by atoms with E-state index in [4.69, 9.17) is 0 Å². The standard InChI is InChI=1S/C6H9N3.C2H6/c1-3-7-6-2-4-8-9(6)5-1;1-2/h2,4,7H,1,3,5H2;1-2H3. The molecule has 1 aromatic heterocycles. The van der Waals surface area contributed by atoms with Crippen molar-refractivity contribution in [3.63, 3.8) is 0 Å². The number of fused-ring (bicyclic) bond motifs is 1. The summed E-state index contributed by atoms with van der Waals surface area (Å²) in [4.78, 5) is 0. The van der Waals surface area contributed by atoms with Crippen LogP contribution in [0.1, 0.15) is 20.3 Å². The second-order valence-corrected chi connectivity index (χ2v) is 2.22. The van der Waals surface area contributed by atoms with Gasteiger partial charge in [0.05, 0.1) is 6.20 Å². The van der Waals surface area contributed by atoms with Gasteiger partial charge in [-0.05, 0) is 6.42 Å². The van der Waals surface area contributed by atoms with E-state index < -0.39 is 0 Å². The fourth-order valence-electron chi connectivity index (χ4n) is 1.11. The average Bonchev–Trinajstić information content (AvgIpc) is 2.55. The van der Waals surface area contributed by atoms with Gasteiger partial charge in [0, 0.05) is 19.2 Å². The number of hydrogen-bond acceptors (Lipinski definition) is 2. The monoisotopic (exact) mass is 153 g/mol. The van der Waals surface area contributed by atoms with Crippen molar-refractivity contribution < 1.29 is 0 Å². The van der Waals surface area contributed by atoms with Crippen molar-refractivity contribution in [2.24, 2.45) is 0 Å². The Morgan fingerprint density at radius 3 is 3.09 bits per heavy atom. The smallest absolute Gasteiger partial charge is 0.124 e. The second-order valence-electron chi connectivity index (χ2n) is 2.22. The number of nitrogens with one attached hydrogen (secondary N) is 1. The number of rotatable bonds is 0. The molecule has 0 aromatic carbocycles. The van der Waals surface area contributed by atoms with Crippen LogP contribution in [-0.4, -0.2) is 16.3 Å². The molecule has 0 saturated carbocycles. The summed E-state index contributed by atoms with van der Waals surface area (Å²) >= 11 is 0. The van der Waals surface area contributed by atoms with Gasteiger partial charge in [-0.2, -0.15) is 5.10 Å². The molecule has 0 amide bonds. The van der Waals surface area contributed by atoms with Crippen LogP contribution in [0, 0.1) is 0 Å². The van der Waals surface area contributed by atoms with Crippen LogP contribution in [0.3, 0.4) is 0 Å². The summed E-state index contributed by atoms with van der Waals surface area (Å²) in [6.45, 7) is 6.15. The van der Waals surface area contributed by atoms with Crippen molar-refractivity contribution in [1.29, 1.82) is 0 Å². The van der Waals surface area contributed by atoms with Gasteiger partial charge in [-0.15, -0.1) is 0 Å². The van der Waals surface area contributed by atoms with E-state index in [0.717, 1.165) is 18.9 Å². The van der Waals surface area contributed by atoms with Crippen LogP contribution >= 0.6 is 0 Å². The van der Waals surface area contributed by atoms with E-state index in [-0.39, 0.29) is 0 Å². The van der Waals surface area contributed by atoms with Gasteiger partial charge in [0.2, 0.25) is 0 Å². The van der Waals surface area contributed by atoms with E-state index in [2.05, 4.69) is 10.4 Å². The summed E-state index contributed by atoms with van der Waals surface area (Å²) in [5, 5.41) is 7.35. The Morgan fingerprint density at radius 2 is 2.36 bits per heavy atom. The van der Waals surface area contributed by atoms with Crippen molar-refractivity contribution in [2.75, 3.05) is 11.9 Å². The lowest BCUT2D eigenvalue weighted by molar-refractivity contribution is 0.568. The maximum atomic E-state index is 4.11. The Hall–Kier alpha value is -0.990. The van der Waals surface area contributed by atoms with Crippen molar-refractivity contribution in [3.05, 3.63) is 12.3 Å². The first-order chi connectivity index (χ1) is 5.47. The minimum absolute atomic E-state index is 1.06. The van der Waals surface area contributed by atoms with Crippen molar-refractivity contribution in [1.82, 2.24) is 9.78 Å². The minimum Gasteiger partial charge on any atom is -0.370 e. The Bertz CT molecular complexity index is 184. The number of aromatic nitrogens is 2. The number of nitrogens with zero attached hydrogens (tertiary/aromatic N) is 2. The number of aryl methyl sites for hydroxylation is 1. The fourth-order valence-corrected chi connectivity index (χ4v) is 1.11. The highest BCUT2D eigenvalue weighted by atomic mass is 15.3. The molecular formula is C8H15N3. The molecule has 0 unspecified atom stereocenters. The van der Waals surface area contributed by atoms with E-state index in [1.165, 1.54) is 6.42 Å². The SMILES string of the molecule is CC.c1cc2n(n1)CCCN2. The van der Waals surface area contributed by atoms with Crippen LogP contribution in [0.5, 0.6) is 0 Å². The first kappa shape index (κ1) is 8.11. The Balaban J connectivity index is 0.000000281. The molecule has 0 bridgehead atoms. The molecule has 1 aromatic rings. The van der Waals surface area contributed by atoms with E-state index >= 15 is 0 Å². The highest BCUT2D eigenvalue weighted by molar-refractivity contribution is 5.34. The third kappa shape index (κ3) is 1.73. The predicted molar refractivity (Wildman–Crippen MR) is 46.7 cm³/mol. The molecule has 0 saturated heterocycles. The van der Waals surface area contributed by atoms with Gasteiger partial charge in [0.1, 0.15) is 5.82 Å². The molecular weight excluding hydrogens is 138 g/mol. The molecule has 1 aliphatic rings. The summed E-state index contributed by atoms with van der Waals surface area (Å²) in [5.74, 6) is 1.15. The van der Waals surface area contributed by atoms with Gasteiger partial charge >= 0.3 is 0 Å². The molecule has 2 heterocycles. The lowest BCUT2D eigenvalue weighted by Crippen LogP contribution is -2.17. The van der Waals surface area contributed by atoms with Crippen LogP contribution in [0.2, 0.25) is 0 Å². The van der Waals surface area contributed by atoms with Crippen LogP contribution in [0.4, 0.5) is 5.82 Å². The number of hydrogen-bond donors (Lipinski definition) is 1. The summed E-state index contributed by atoms with van der Waals surface area (Å²) in [7, 11) is 0. The average molecular weight is 153 g/mol. The highest BCUT2D eigenvalue weighted by Gasteiger charge is 2.04. The molecule has 1 N–H and O–H groups in total. The molecule has 0 fully saturated rings. The van der Waals surface area contributed by atoms with Crippen LogP contribution in [0.15, 0.2) is 12.3 Å². The molecule has 0 radical (unpaired) electrons. The Morgan fingerprint density at radius 1 is 1.55 bits per heavy atom. The van der Waals surface area contributed by atoms with E-state index in [0.29, 0.717) is 0 Å². The van der Waals surface area contributed by atoms with Crippen molar-refractivity contribution in [2.45, 2.75) is 26.8 Å². The molecule has 62 valence electrons. The Kier molecular flexibility index (Phi) is 2.95.